The molecule has 4 N–H and O–H groups in total. The van der Waals surface area contributed by atoms with Crippen molar-refractivity contribution in [2.24, 2.45) is 23.3 Å². The predicted molar refractivity (Wildman–Crippen MR) is 43.5 cm³/mol. The third-order valence-electron chi connectivity index (χ3n) is 2.81. The predicted octanol–water partition coefficient (Wildman–Crippen LogP) is 0.707. The number of nitrogens with two attached hydrogens (primary N) is 2. The maximum Gasteiger partial charge on any atom is 0.0195 e. The van der Waals surface area contributed by atoms with Crippen molar-refractivity contribution in [3.05, 3.63) is 0 Å². The molecule has 2 nitrogen and oxygen atoms in total. The van der Waals surface area contributed by atoms with E-state index in [0.29, 0.717) is 0 Å². The van der Waals surface area contributed by atoms with Gasteiger partial charge < -0.3 is 11.5 Å². The summed E-state index contributed by atoms with van der Waals surface area (Å²) in [7, 11) is 0. The lowest BCUT2D eigenvalue weighted by Gasteiger charge is -2.34. The highest BCUT2D eigenvalue weighted by Crippen LogP contribution is 2.27. The Bertz CT molecular complexity index is 87.8. The maximum atomic E-state index is 5.81. The van der Waals surface area contributed by atoms with Gasteiger partial charge in [0.15, 0.2) is 0 Å². The number of rotatable bonds is 0. The van der Waals surface area contributed by atoms with E-state index in [1.54, 1.807) is 0 Å². The third-order valence-corrected chi connectivity index (χ3v) is 2.81. The van der Waals surface area contributed by atoms with Crippen LogP contribution in [0, 0.1) is 11.8 Å². The molecule has 0 aromatic heterocycles. The van der Waals surface area contributed by atoms with Crippen LogP contribution in [0.3, 0.4) is 0 Å². The molecule has 10 heavy (non-hydrogen) atoms. The average Bonchev–Trinajstić information content (AvgIpc) is 1.84. The highest BCUT2D eigenvalue weighted by molar-refractivity contribution is 4.86. The van der Waals surface area contributed by atoms with Gasteiger partial charge in [0.2, 0.25) is 0 Å². The Balaban J connectivity index is 2.46. The van der Waals surface area contributed by atoms with Crippen LogP contribution in [-0.4, -0.2) is 12.1 Å². The topological polar surface area (TPSA) is 52.0 Å². The molecule has 1 fully saturated rings. The molecular formula is C8H18N2. The van der Waals surface area contributed by atoms with Crippen LogP contribution in [0.25, 0.3) is 0 Å². The third kappa shape index (κ3) is 1.50. The molecule has 0 spiro atoms. The molecule has 0 saturated heterocycles. The standard InChI is InChI=1S/C8H18N2/c1-5-3-7(9)8(10)4-6(5)2/h5-8H,3-4,9-10H2,1-2H3. The summed E-state index contributed by atoms with van der Waals surface area (Å²) in [6.45, 7) is 4.52. The zero-order valence-electron chi connectivity index (χ0n) is 6.88. The van der Waals surface area contributed by atoms with Crippen molar-refractivity contribution in [3.63, 3.8) is 0 Å². The minimum absolute atomic E-state index is 0.242. The molecule has 0 aromatic carbocycles. The van der Waals surface area contributed by atoms with Gasteiger partial charge in [0.1, 0.15) is 0 Å². The molecule has 1 aliphatic carbocycles. The summed E-state index contributed by atoms with van der Waals surface area (Å²) in [5.41, 5.74) is 11.6. The van der Waals surface area contributed by atoms with Crippen LogP contribution >= 0.6 is 0 Å². The Morgan fingerprint density at radius 3 is 1.50 bits per heavy atom. The molecular weight excluding hydrogens is 124 g/mol. The highest BCUT2D eigenvalue weighted by atomic mass is 14.8. The molecule has 4 atom stereocenters. The van der Waals surface area contributed by atoms with Gasteiger partial charge in [0.05, 0.1) is 0 Å². The second-order valence-electron chi connectivity index (χ2n) is 3.75. The molecule has 1 aliphatic rings. The van der Waals surface area contributed by atoms with E-state index in [0.717, 1.165) is 24.7 Å². The van der Waals surface area contributed by atoms with Crippen molar-refractivity contribution in [1.82, 2.24) is 0 Å². The molecule has 2 heteroatoms. The van der Waals surface area contributed by atoms with Gasteiger partial charge in [-0.2, -0.15) is 0 Å². The van der Waals surface area contributed by atoms with E-state index in [1.807, 2.05) is 0 Å². The second kappa shape index (κ2) is 2.89. The zero-order valence-corrected chi connectivity index (χ0v) is 6.88. The summed E-state index contributed by atoms with van der Waals surface area (Å²) in [6, 6.07) is 0.484. The van der Waals surface area contributed by atoms with Crippen molar-refractivity contribution >= 4 is 0 Å². The second-order valence-corrected chi connectivity index (χ2v) is 3.75. The summed E-state index contributed by atoms with van der Waals surface area (Å²) in [6.07, 6.45) is 2.20. The Morgan fingerprint density at radius 1 is 0.900 bits per heavy atom. The van der Waals surface area contributed by atoms with Gasteiger partial charge in [-0.25, -0.2) is 0 Å². The molecule has 0 heterocycles. The van der Waals surface area contributed by atoms with Gasteiger partial charge in [-0.15, -0.1) is 0 Å². The maximum absolute atomic E-state index is 5.81. The van der Waals surface area contributed by atoms with Gasteiger partial charge in [-0.05, 0) is 24.7 Å². The molecule has 4 unspecified atom stereocenters. The van der Waals surface area contributed by atoms with Gasteiger partial charge in [0, 0.05) is 12.1 Å². The van der Waals surface area contributed by atoms with Crippen LogP contribution < -0.4 is 11.5 Å². The van der Waals surface area contributed by atoms with Gasteiger partial charge in [-0.3, -0.25) is 0 Å². The van der Waals surface area contributed by atoms with Crippen LogP contribution in [0.2, 0.25) is 0 Å². The van der Waals surface area contributed by atoms with Crippen molar-refractivity contribution in [3.8, 4) is 0 Å². The normalized spacial score (nSPS) is 49.2. The van der Waals surface area contributed by atoms with E-state index in [9.17, 15) is 0 Å². The summed E-state index contributed by atoms with van der Waals surface area (Å²) in [4.78, 5) is 0. The summed E-state index contributed by atoms with van der Waals surface area (Å²) in [5.74, 6) is 1.52. The number of hydrogen-bond donors (Lipinski definition) is 2. The van der Waals surface area contributed by atoms with Gasteiger partial charge in [0.25, 0.3) is 0 Å². The van der Waals surface area contributed by atoms with Crippen LogP contribution in [-0.2, 0) is 0 Å². The van der Waals surface area contributed by atoms with E-state index in [2.05, 4.69) is 13.8 Å². The fourth-order valence-electron chi connectivity index (χ4n) is 1.67. The minimum atomic E-state index is 0.242. The van der Waals surface area contributed by atoms with Crippen LogP contribution in [0.4, 0.5) is 0 Å². The van der Waals surface area contributed by atoms with Crippen LogP contribution in [0.15, 0.2) is 0 Å². The quantitative estimate of drug-likeness (QED) is 0.523. The van der Waals surface area contributed by atoms with Gasteiger partial charge >= 0.3 is 0 Å². The van der Waals surface area contributed by atoms with Crippen molar-refractivity contribution in [2.75, 3.05) is 0 Å². The Morgan fingerprint density at radius 2 is 1.20 bits per heavy atom. The summed E-state index contributed by atoms with van der Waals surface area (Å²) < 4.78 is 0. The smallest absolute Gasteiger partial charge is 0.0195 e. The zero-order chi connectivity index (χ0) is 7.72. The van der Waals surface area contributed by atoms with Crippen molar-refractivity contribution < 1.29 is 0 Å². The van der Waals surface area contributed by atoms with E-state index in [1.165, 1.54) is 0 Å². The van der Waals surface area contributed by atoms with Crippen LogP contribution in [0.1, 0.15) is 26.7 Å². The average molecular weight is 142 g/mol. The summed E-state index contributed by atoms with van der Waals surface area (Å²) >= 11 is 0. The van der Waals surface area contributed by atoms with Gasteiger partial charge in [-0.1, -0.05) is 13.8 Å². The van der Waals surface area contributed by atoms with E-state index >= 15 is 0 Å². The summed E-state index contributed by atoms with van der Waals surface area (Å²) in [5, 5.41) is 0. The number of hydrogen-bond acceptors (Lipinski definition) is 2. The fourth-order valence-corrected chi connectivity index (χ4v) is 1.67. The van der Waals surface area contributed by atoms with Crippen molar-refractivity contribution in [2.45, 2.75) is 38.8 Å². The Hall–Kier alpha value is -0.0800. The minimum Gasteiger partial charge on any atom is -0.326 e. The first-order chi connectivity index (χ1) is 4.61. The van der Waals surface area contributed by atoms with E-state index in [-0.39, 0.29) is 12.1 Å². The first-order valence-corrected chi connectivity index (χ1v) is 4.12. The fraction of sp³-hybridized carbons (Fsp3) is 1.00. The molecule has 1 rings (SSSR count). The lowest BCUT2D eigenvalue weighted by atomic mass is 9.77. The molecule has 60 valence electrons. The Labute approximate surface area is 63.0 Å². The molecule has 0 aliphatic heterocycles. The van der Waals surface area contributed by atoms with E-state index in [4.69, 9.17) is 11.5 Å². The molecule has 1 saturated carbocycles. The van der Waals surface area contributed by atoms with Crippen LogP contribution in [0.5, 0.6) is 0 Å². The Kier molecular flexibility index (Phi) is 2.32. The first kappa shape index (κ1) is 8.02. The van der Waals surface area contributed by atoms with Crippen molar-refractivity contribution in [1.29, 1.82) is 0 Å². The molecule has 0 bridgehead atoms. The molecule has 0 radical (unpaired) electrons. The first-order valence-electron chi connectivity index (χ1n) is 4.12. The lowest BCUT2D eigenvalue weighted by Crippen LogP contribution is -2.48. The molecule has 0 amide bonds. The SMILES string of the molecule is CC1CC(N)C(N)CC1C. The molecule has 0 aromatic rings. The monoisotopic (exact) mass is 142 g/mol. The lowest BCUT2D eigenvalue weighted by molar-refractivity contribution is 0.225. The highest BCUT2D eigenvalue weighted by Gasteiger charge is 2.27. The van der Waals surface area contributed by atoms with E-state index < -0.39 is 0 Å². The largest absolute Gasteiger partial charge is 0.326 e.